The van der Waals surface area contributed by atoms with Crippen LogP contribution in [0.4, 0.5) is 0 Å². The molecule has 1 saturated heterocycles. The molecule has 2 rings (SSSR count). The summed E-state index contributed by atoms with van der Waals surface area (Å²) in [6.07, 6.45) is 0. The van der Waals surface area contributed by atoms with Gasteiger partial charge in [-0.25, -0.2) is 0 Å². The Kier molecular flexibility index (Phi) is 2.49. The standard InChI is InChI=1S/C12H12BNO2/c1-9-12(2,3)16-13(15-9)11-6-4-10(8-14)5-7-11/h4-7H,1H2,2-3H3. The fraction of sp³-hybridized carbons (Fsp3) is 0.250. The average Bonchev–Trinajstić information content (AvgIpc) is 2.54. The Bertz CT molecular complexity index is 459. The van der Waals surface area contributed by atoms with Crippen molar-refractivity contribution in [1.29, 1.82) is 5.26 Å². The summed E-state index contributed by atoms with van der Waals surface area (Å²) in [6.45, 7) is 7.65. The molecule has 1 aromatic rings. The van der Waals surface area contributed by atoms with E-state index in [1.165, 1.54) is 0 Å². The first-order valence-corrected chi connectivity index (χ1v) is 5.07. The minimum Gasteiger partial charge on any atom is -0.534 e. The van der Waals surface area contributed by atoms with Crippen LogP contribution in [-0.4, -0.2) is 12.7 Å². The highest BCUT2D eigenvalue weighted by Crippen LogP contribution is 2.28. The lowest BCUT2D eigenvalue weighted by Gasteiger charge is -2.15. The Labute approximate surface area is 95.4 Å². The van der Waals surface area contributed by atoms with Crippen molar-refractivity contribution in [2.45, 2.75) is 19.4 Å². The molecule has 0 unspecified atom stereocenters. The smallest absolute Gasteiger partial charge is 0.534 e. The number of nitrogens with zero attached hydrogens (tertiary/aromatic N) is 1. The second-order valence-corrected chi connectivity index (χ2v) is 4.23. The molecule has 4 heteroatoms. The molecule has 0 spiro atoms. The molecule has 0 aliphatic carbocycles. The van der Waals surface area contributed by atoms with Gasteiger partial charge in [0.2, 0.25) is 0 Å². The minimum atomic E-state index is -0.460. The number of hydrogen-bond donors (Lipinski definition) is 0. The highest BCUT2D eigenvalue weighted by molar-refractivity contribution is 6.62. The molecule has 1 aliphatic rings. The first-order valence-electron chi connectivity index (χ1n) is 5.07. The Morgan fingerprint density at radius 1 is 1.31 bits per heavy atom. The van der Waals surface area contributed by atoms with Gasteiger partial charge in [-0.15, -0.1) is 0 Å². The van der Waals surface area contributed by atoms with Gasteiger partial charge >= 0.3 is 7.12 Å². The van der Waals surface area contributed by atoms with Crippen LogP contribution < -0.4 is 5.46 Å². The van der Waals surface area contributed by atoms with Crippen LogP contribution in [0.1, 0.15) is 19.4 Å². The summed E-state index contributed by atoms with van der Waals surface area (Å²) in [6, 6.07) is 9.23. The maximum Gasteiger partial charge on any atom is 0.563 e. The van der Waals surface area contributed by atoms with E-state index in [1.807, 2.05) is 26.0 Å². The number of hydrogen-bond acceptors (Lipinski definition) is 3. The zero-order valence-corrected chi connectivity index (χ0v) is 9.36. The molecular formula is C12H12BNO2. The third-order valence-corrected chi connectivity index (χ3v) is 2.63. The monoisotopic (exact) mass is 213 g/mol. The van der Waals surface area contributed by atoms with Crippen molar-refractivity contribution in [3.8, 4) is 6.07 Å². The Morgan fingerprint density at radius 3 is 2.38 bits per heavy atom. The van der Waals surface area contributed by atoms with Gasteiger partial charge in [-0.05, 0) is 31.4 Å². The van der Waals surface area contributed by atoms with Crippen molar-refractivity contribution in [3.05, 3.63) is 42.2 Å². The number of rotatable bonds is 1. The fourth-order valence-corrected chi connectivity index (χ4v) is 1.48. The first kappa shape index (κ1) is 10.8. The number of benzene rings is 1. The van der Waals surface area contributed by atoms with Crippen LogP contribution in [0.2, 0.25) is 0 Å². The van der Waals surface area contributed by atoms with Gasteiger partial charge in [0.25, 0.3) is 0 Å². The molecule has 1 aromatic carbocycles. The van der Waals surface area contributed by atoms with Crippen LogP contribution >= 0.6 is 0 Å². The van der Waals surface area contributed by atoms with Gasteiger partial charge in [0, 0.05) is 0 Å². The molecule has 0 N–H and O–H groups in total. The van der Waals surface area contributed by atoms with Crippen molar-refractivity contribution >= 4 is 12.6 Å². The maximum absolute atomic E-state index is 8.69. The Morgan fingerprint density at radius 2 is 1.94 bits per heavy atom. The zero-order chi connectivity index (χ0) is 11.8. The van der Waals surface area contributed by atoms with Crippen molar-refractivity contribution in [2.24, 2.45) is 0 Å². The van der Waals surface area contributed by atoms with Gasteiger partial charge in [-0.1, -0.05) is 18.7 Å². The van der Waals surface area contributed by atoms with E-state index in [4.69, 9.17) is 14.6 Å². The second-order valence-electron chi connectivity index (χ2n) is 4.23. The summed E-state index contributed by atoms with van der Waals surface area (Å²) < 4.78 is 11.3. The lowest BCUT2D eigenvalue weighted by molar-refractivity contribution is 0.173. The Balaban J connectivity index is 2.21. The summed E-state index contributed by atoms with van der Waals surface area (Å²) in [4.78, 5) is 0. The lowest BCUT2D eigenvalue weighted by atomic mass is 9.79. The average molecular weight is 213 g/mol. The highest BCUT2D eigenvalue weighted by atomic mass is 16.7. The molecule has 0 radical (unpaired) electrons. The van der Waals surface area contributed by atoms with Crippen LogP contribution in [0.25, 0.3) is 0 Å². The van der Waals surface area contributed by atoms with Crippen molar-refractivity contribution in [2.75, 3.05) is 0 Å². The molecular weight excluding hydrogens is 201 g/mol. The quantitative estimate of drug-likeness (QED) is 0.665. The van der Waals surface area contributed by atoms with Crippen LogP contribution in [-0.2, 0) is 9.31 Å². The van der Waals surface area contributed by atoms with Gasteiger partial charge in [-0.2, -0.15) is 5.26 Å². The van der Waals surface area contributed by atoms with Crippen molar-refractivity contribution in [1.82, 2.24) is 0 Å². The lowest BCUT2D eigenvalue weighted by Crippen LogP contribution is -2.34. The van der Waals surface area contributed by atoms with E-state index in [9.17, 15) is 0 Å². The van der Waals surface area contributed by atoms with Crippen LogP contribution in [0.5, 0.6) is 0 Å². The Hall–Kier alpha value is -1.73. The molecule has 0 bridgehead atoms. The zero-order valence-electron chi connectivity index (χ0n) is 9.36. The molecule has 1 aliphatic heterocycles. The summed E-state index contributed by atoms with van der Waals surface area (Å²) in [7, 11) is -0.421. The molecule has 3 nitrogen and oxygen atoms in total. The van der Waals surface area contributed by atoms with Crippen LogP contribution in [0.15, 0.2) is 36.6 Å². The fourth-order valence-electron chi connectivity index (χ4n) is 1.48. The van der Waals surface area contributed by atoms with E-state index >= 15 is 0 Å². The van der Waals surface area contributed by atoms with Gasteiger partial charge < -0.3 is 9.31 Å². The summed E-state index contributed by atoms with van der Waals surface area (Å²) in [5.41, 5.74) is 1.06. The summed E-state index contributed by atoms with van der Waals surface area (Å²) in [5, 5.41) is 8.69. The topological polar surface area (TPSA) is 42.2 Å². The molecule has 0 atom stereocenters. The molecule has 1 heterocycles. The molecule has 0 saturated carbocycles. The molecule has 16 heavy (non-hydrogen) atoms. The van der Waals surface area contributed by atoms with Gasteiger partial charge in [-0.3, -0.25) is 0 Å². The third kappa shape index (κ3) is 1.82. The molecule has 0 amide bonds. The van der Waals surface area contributed by atoms with Crippen LogP contribution in [0, 0.1) is 11.3 Å². The van der Waals surface area contributed by atoms with E-state index in [2.05, 4.69) is 12.6 Å². The first-order chi connectivity index (χ1) is 7.53. The van der Waals surface area contributed by atoms with Gasteiger partial charge in [0.05, 0.1) is 17.4 Å². The number of nitriles is 1. The molecule has 0 aromatic heterocycles. The minimum absolute atomic E-state index is 0.421. The molecule has 1 fully saturated rings. The SMILES string of the molecule is C=C1OB(c2ccc(C#N)cc2)OC1(C)C. The van der Waals surface area contributed by atoms with Gasteiger partial charge in [0.15, 0.2) is 0 Å². The largest absolute Gasteiger partial charge is 0.563 e. The second kappa shape index (κ2) is 3.69. The van der Waals surface area contributed by atoms with Crippen molar-refractivity contribution in [3.63, 3.8) is 0 Å². The van der Waals surface area contributed by atoms with E-state index in [0.29, 0.717) is 11.3 Å². The van der Waals surface area contributed by atoms with E-state index < -0.39 is 12.7 Å². The highest BCUT2D eigenvalue weighted by Gasteiger charge is 2.42. The summed E-state index contributed by atoms with van der Waals surface area (Å²) >= 11 is 0. The van der Waals surface area contributed by atoms with Crippen LogP contribution in [0.3, 0.4) is 0 Å². The predicted octanol–water partition coefficient (Wildman–Crippen LogP) is 1.59. The predicted molar refractivity (Wildman–Crippen MR) is 61.9 cm³/mol. The van der Waals surface area contributed by atoms with E-state index in [-0.39, 0.29) is 0 Å². The maximum atomic E-state index is 8.69. The summed E-state index contributed by atoms with van der Waals surface area (Å²) in [5.74, 6) is 0.627. The third-order valence-electron chi connectivity index (χ3n) is 2.63. The molecule has 80 valence electrons. The van der Waals surface area contributed by atoms with Gasteiger partial charge in [0.1, 0.15) is 5.60 Å². The van der Waals surface area contributed by atoms with E-state index in [1.54, 1.807) is 12.1 Å². The van der Waals surface area contributed by atoms with Crippen molar-refractivity contribution < 1.29 is 9.31 Å². The normalized spacial score (nSPS) is 18.1. The van der Waals surface area contributed by atoms with E-state index in [0.717, 1.165) is 5.46 Å².